The van der Waals surface area contributed by atoms with Gasteiger partial charge in [0.05, 0.1) is 0 Å². The number of allylic oxidation sites excluding steroid dienone is 12. The van der Waals surface area contributed by atoms with Gasteiger partial charge in [-0.05, 0) is 109 Å². The third-order valence-corrected chi connectivity index (χ3v) is 13.7. The average Bonchev–Trinajstić information content (AvgIpc) is 3.39. The van der Waals surface area contributed by atoms with Crippen molar-refractivity contribution in [3.8, 4) is 0 Å². The van der Waals surface area contributed by atoms with E-state index in [2.05, 4.69) is 93.7 Å². The zero-order chi connectivity index (χ0) is 52.9. The van der Waals surface area contributed by atoms with Gasteiger partial charge >= 0.3 is 17.9 Å². The molecule has 0 saturated heterocycles. The van der Waals surface area contributed by atoms with Gasteiger partial charge in [0.25, 0.3) is 0 Å². The molecular weight excluding hydrogens is 901 g/mol. The number of carbonyl (C=O) groups is 3. The quantitative estimate of drug-likeness (QED) is 0.0261. The monoisotopic (exact) mass is 1020 g/mol. The Kier molecular flexibility index (Phi) is 58.7. The minimum atomic E-state index is -0.788. The lowest BCUT2D eigenvalue weighted by atomic mass is 10.0. The van der Waals surface area contributed by atoms with E-state index in [9.17, 15) is 14.4 Å². The molecular formula is C67H118O6. The fourth-order valence-corrected chi connectivity index (χ4v) is 8.95. The maximum Gasteiger partial charge on any atom is 0.306 e. The molecule has 1 unspecified atom stereocenters. The lowest BCUT2D eigenvalue weighted by Crippen LogP contribution is -2.30. The molecule has 0 aliphatic heterocycles. The Morgan fingerprint density at radius 1 is 0.288 bits per heavy atom. The summed E-state index contributed by atoms with van der Waals surface area (Å²) in [5.41, 5.74) is 0. The van der Waals surface area contributed by atoms with Gasteiger partial charge in [-0.25, -0.2) is 0 Å². The highest BCUT2D eigenvalue weighted by molar-refractivity contribution is 5.71. The largest absolute Gasteiger partial charge is 0.462 e. The van der Waals surface area contributed by atoms with Gasteiger partial charge in [0, 0.05) is 19.3 Å². The molecule has 0 aliphatic rings. The lowest BCUT2D eigenvalue weighted by molar-refractivity contribution is -0.167. The standard InChI is InChI=1S/C67H118O6/c1-4-7-10-13-16-19-22-25-28-30-31-32-33-34-35-37-39-42-45-48-51-54-57-60-66(69)72-63-64(62-71-65(68)59-56-53-50-47-44-41-38-27-24-21-18-15-12-9-6-3)73-67(70)61-58-55-52-49-46-43-40-36-29-26-23-20-17-14-11-8-5-2/h9,12,17-18,20-21,26-27,29-31,38,64H,4-8,10-11,13-16,19,22-25,28,32-37,39-63H2,1-3H3/b12-9-,20-17-,21-18-,29-26-,31-30-,38-27-. The average molecular weight is 1020 g/mol. The topological polar surface area (TPSA) is 78.9 Å². The van der Waals surface area contributed by atoms with Crippen molar-refractivity contribution in [1.82, 2.24) is 0 Å². The van der Waals surface area contributed by atoms with Crippen LogP contribution >= 0.6 is 0 Å². The number of esters is 3. The first-order valence-electron chi connectivity index (χ1n) is 31.4. The second-order valence-corrected chi connectivity index (χ2v) is 20.9. The smallest absolute Gasteiger partial charge is 0.306 e. The maximum absolute atomic E-state index is 12.9. The van der Waals surface area contributed by atoms with Crippen LogP contribution in [-0.4, -0.2) is 37.2 Å². The molecule has 0 rings (SSSR count). The van der Waals surface area contributed by atoms with Crippen LogP contribution in [0.4, 0.5) is 0 Å². The van der Waals surface area contributed by atoms with E-state index < -0.39 is 6.10 Å². The van der Waals surface area contributed by atoms with Crippen LogP contribution in [0.5, 0.6) is 0 Å². The van der Waals surface area contributed by atoms with Crippen LogP contribution in [0.25, 0.3) is 0 Å². The molecule has 0 heterocycles. The summed E-state index contributed by atoms with van der Waals surface area (Å²) in [6.45, 7) is 6.52. The summed E-state index contributed by atoms with van der Waals surface area (Å²) in [6, 6.07) is 0. The fourth-order valence-electron chi connectivity index (χ4n) is 8.95. The number of ether oxygens (including phenoxy) is 3. The summed E-state index contributed by atoms with van der Waals surface area (Å²) in [5, 5.41) is 0. The van der Waals surface area contributed by atoms with E-state index in [0.717, 1.165) is 109 Å². The van der Waals surface area contributed by atoms with Crippen LogP contribution in [-0.2, 0) is 28.6 Å². The first-order valence-corrected chi connectivity index (χ1v) is 31.4. The van der Waals surface area contributed by atoms with Crippen LogP contribution in [0, 0.1) is 0 Å². The molecule has 0 aromatic carbocycles. The Morgan fingerprint density at radius 2 is 0.534 bits per heavy atom. The summed E-state index contributed by atoms with van der Waals surface area (Å²) in [4.78, 5) is 38.3. The van der Waals surface area contributed by atoms with Gasteiger partial charge in [0.2, 0.25) is 0 Å². The molecule has 0 saturated carbocycles. The Hall–Kier alpha value is -3.15. The Balaban J connectivity index is 4.34. The van der Waals surface area contributed by atoms with E-state index in [4.69, 9.17) is 14.2 Å². The maximum atomic E-state index is 12.9. The zero-order valence-corrected chi connectivity index (χ0v) is 48.4. The van der Waals surface area contributed by atoms with E-state index in [1.807, 2.05) is 0 Å². The number of carbonyl (C=O) groups excluding carboxylic acids is 3. The van der Waals surface area contributed by atoms with E-state index in [1.54, 1.807) is 0 Å². The number of hydrogen-bond acceptors (Lipinski definition) is 6. The summed E-state index contributed by atoms with van der Waals surface area (Å²) in [6.07, 6.45) is 79.0. The van der Waals surface area contributed by atoms with Crippen molar-refractivity contribution < 1.29 is 28.6 Å². The van der Waals surface area contributed by atoms with E-state index >= 15 is 0 Å². The molecule has 6 nitrogen and oxygen atoms in total. The molecule has 0 amide bonds. The zero-order valence-electron chi connectivity index (χ0n) is 48.4. The van der Waals surface area contributed by atoms with Crippen molar-refractivity contribution in [2.45, 2.75) is 322 Å². The van der Waals surface area contributed by atoms with Gasteiger partial charge in [-0.15, -0.1) is 0 Å². The van der Waals surface area contributed by atoms with E-state index in [0.29, 0.717) is 19.3 Å². The molecule has 422 valence electrons. The first-order chi connectivity index (χ1) is 36.0. The molecule has 1 atom stereocenters. The minimum absolute atomic E-state index is 0.0834. The predicted octanol–water partition coefficient (Wildman–Crippen LogP) is 21.3. The van der Waals surface area contributed by atoms with E-state index in [-0.39, 0.29) is 31.1 Å². The second kappa shape index (κ2) is 61.4. The fraction of sp³-hybridized carbons (Fsp3) is 0.776. The second-order valence-electron chi connectivity index (χ2n) is 20.9. The lowest BCUT2D eigenvalue weighted by Gasteiger charge is -2.18. The summed E-state index contributed by atoms with van der Waals surface area (Å²) in [5.74, 6) is -0.897. The molecule has 6 heteroatoms. The Labute approximate surface area is 453 Å². The highest BCUT2D eigenvalue weighted by Gasteiger charge is 2.19. The molecule has 0 fully saturated rings. The first kappa shape index (κ1) is 69.8. The molecule has 0 radical (unpaired) electrons. The van der Waals surface area contributed by atoms with Crippen LogP contribution in [0.1, 0.15) is 316 Å². The van der Waals surface area contributed by atoms with Crippen LogP contribution < -0.4 is 0 Å². The molecule has 0 N–H and O–H groups in total. The summed E-state index contributed by atoms with van der Waals surface area (Å²) in [7, 11) is 0. The molecule has 0 aromatic rings. The van der Waals surface area contributed by atoms with Gasteiger partial charge in [-0.3, -0.25) is 14.4 Å². The minimum Gasteiger partial charge on any atom is -0.462 e. The van der Waals surface area contributed by atoms with Crippen molar-refractivity contribution in [1.29, 1.82) is 0 Å². The van der Waals surface area contributed by atoms with Gasteiger partial charge in [-0.2, -0.15) is 0 Å². The number of rotatable bonds is 57. The van der Waals surface area contributed by atoms with Gasteiger partial charge in [-0.1, -0.05) is 261 Å². The third kappa shape index (κ3) is 59.6. The highest BCUT2D eigenvalue weighted by atomic mass is 16.6. The molecule has 0 spiro atoms. The van der Waals surface area contributed by atoms with Gasteiger partial charge in [0.1, 0.15) is 13.2 Å². The van der Waals surface area contributed by atoms with Crippen molar-refractivity contribution in [2.75, 3.05) is 13.2 Å². The Bertz CT molecular complexity index is 1360. The van der Waals surface area contributed by atoms with Crippen LogP contribution in [0.15, 0.2) is 72.9 Å². The van der Waals surface area contributed by atoms with Crippen molar-refractivity contribution in [3.05, 3.63) is 72.9 Å². The molecule has 73 heavy (non-hydrogen) atoms. The van der Waals surface area contributed by atoms with Crippen molar-refractivity contribution >= 4 is 17.9 Å². The third-order valence-electron chi connectivity index (χ3n) is 13.7. The highest BCUT2D eigenvalue weighted by Crippen LogP contribution is 2.16. The molecule has 0 bridgehead atoms. The number of unbranched alkanes of at least 4 members (excludes halogenated alkanes) is 34. The number of hydrogen-bond donors (Lipinski definition) is 0. The molecule has 0 aromatic heterocycles. The van der Waals surface area contributed by atoms with E-state index in [1.165, 1.54) is 167 Å². The Morgan fingerprint density at radius 3 is 0.877 bits per heavy atom. The molecule has 0 aliphatic carbocycles. The normalized spacial score (nSPS) is 12.5. The van der Waals surface area contributed by atoms with Gasteiger partial charge in [0.15, 0.2) is 6.10 Å². The van der Waals surface area contributed by atoms with Crippen molar-refractivity contribution in [3.63, 3.8) is 0 Å². The summed E-state index contributed by atoms with van der Waals surface area (Å²) < 4.78 is 16.9. The summed E-state index contributed by atoms with van der Waals surface area (Å²) >= 11 is 0. The SMILES string of the molecule is CC/C=C\C/C=C\C/C=C\CCCCCCCC(=O)OCC(COC(=O)CCCCCCCCCCCCC/C=C\CCCCCCCCCC)OC(=O)CCCCCCCCC/C=C\C/C=C\CCCCC. The van der Waals surface area contributed by atoms with Gasteiger partial charge < -0.3 is 14.2 Å². The predicted molar refractivity (Wildman–Crippen MR) is 316 cm³/mol. The van der Waals surface area contributed by atoms with Crippen LogP contribution in [0.2, 0.25) is 0 Å². The van der Waals surface area contributed by atoms with Crippen molar-refractivity contribution in [2.24, 2.45) is 0 Å². The van der Waals surface area contributed by atoms with Crippen LogP contribution in [0.3, 0.4) is 0 Å².